The Bertz CT molecular complexity index is 818. The van der Waals surface area contributed by atoms with E-state index >= 15 is 0 Å². The Kier molecular flexibility index (Phi) is 3.85. The van der Waals surface area contributed by atoms with Crippen molar-refractivity contribution in [1.29, 1.82) is 0 Å². The summed E-state index contributed by atoms with van der Waals surface area (Å²) in [6.07, 6.45) is 7.52. The predicted molar refractivity (Wildman–Crippen MR) is 86.7 cm³/mol. The van der Waals surface area contributed by atoms with Gasteiger partial charge in [-0.2, -0.15) is 4.98 Å². The van der Waals surface area contributed by atoms with Crippen LogP contribution in [0.5, 0.6) is 0 Å². The van der Waals surface area contributed by atoms with Gasteiger partial charge in [-0.15, -0.1) is 10.2 Å². The second-order valence-corrected chi connectivity index (χ2v) is 6.30. The van der Waals surface area contributed by atoms with Crippen LogP contribution in [0.25, 0.3) is 5.65 Å². The lowest BCUT2D eigenvalue weighted by Crippen LogP contribution is -2.33. The Morgan fingerprint density at radius 2 is 2.08 bits per heavy atom. The molecule has 0 saturated carbocycles. The van der Waals surface area contributed by atoms with Gasteiger partial charge in [0.1, 0.15) is 5.82 Å². The van der Waals surface area contributed by atoms with E-state index in [0.29, 0.717) is 24.3 Å². The summed E-state index contributed by atoms with van der Waals surface area (Å²) < 4.78 is 7.34. The standard InChI is InChI=1S/C15H20N8O/c1-21(2)15-17-13(24-20-15)10-22-6-3-11(4-7-22)14-19-18-12-9-16-5-8-23(12)14/h5,8-9,11H,3-4,6-7,10H2,1-2H3. The van der Waals surface area contributed by atoms with Crippen LogP contribution in [0, 0.1) is 0 Å². The highest BCUT2D eigenvalue weighted by Gasteiger charge is 2.25. The minimum absolute atomic E-state index is 0.415. The Labute approximate surface area is 139 Å². The summed E-state index contributed by atoms with van der Waals surface area (Å²) in [5.41, 5.74) is 0.803. The number of hydrogen-bond donors (Lipinski definition) is 0. The van der Waals surface area contributed by atoms with Gasteiger partial charge in [0, 0.05) is 32.4 Å². The molecule has 0 unspecified atom stereocenters. The van der Waals surface area contributed by atoms with E-state index < -0.39 is 0 Å². The van der Waals surface area contributed by atoms with E-state index in [-0.39, 0.29) is 0 Å². The number of aromatic nitrogens is 6. The molecule has 1 fully saturated rings. The van der Waals surface area contributed by atoms with Crippen LogP contribution in [-0.2, 0) is 6.54 Å². The number of likely N-dealkylation sites (tertiary alicyclic amines) is 1. The molecule has 9 heteroatoms. The van der Waals surface area contributed by atoms with Crippen LogP contribution in [0.15, 0.2) is 23.1 Å². The lowest BCUT2D eigenvalue weighted by molar-refractivity contribution is 0.178. The summed E-state index contributed by atoms with van der Waals surface area (Å²) in [4.78, 5) is 12.7. The Morgan fingerprint density at radius 1 is 1.25 bits per heavy atom. The second-order valence-electron chi connectivity index (χ2n) is 6.30. The van der Waals surface area contributed by atoms with Crippen LogP contribution in [0.3, 0.4) is 0 Å². The molecule has 3 aromatic rings. The molecule has 1 aliphatic heterocycles. The molecule has 0 atom stereocenters. The molecule has 0 spiro atoms. The summed E-state index contributed by atoms with van der Waals surface area (Å²) >= 11 is 0. The van der Waals surface area contributed by atoms with Crippen LogP contribution >= 0.6 is 0 Å². The van der Waals surface area contributed by atoms with Crippen molar-refractivity contribution in [3.8, 4) is 0 Å². The second kappa shape index (κ2) is 6.16. The third kappa shape index (κ3) is 2.82. The van der Waals surface area contributed by atoms with E-state index in [1.165, 1.54) is 0 Å². The predicted octanol–water partition coefficient (Wildman–Crippen LogP) is 0.953. The maximum Gasteiger partial charge on any atom is 0.265 e. The van der Waals surface area contributed by atoms with Crippen molar-refractivity contribution in [3.63, 3.8) is 0 Å². The number of rotatable bonds is 4. The monoisotopic (exact) mass is 328 g/mol. The minimum Gasteiger partial charge on any atom is -0.344 e. The molecule has 24 heavy (non-hydrogen) atoms. The van der Waals surface area contributed by atoms with Gasteiger partial charge in [-0.3, -0.25) is 14.3 Å². The molecular formula is C15H20N8O. The van der Waals surface area contributed by atoms with Gasteiger partial charge >= 0.3 is 0 Å². The Hall–Kier alpha value is -2.55. The highest BCUT2D eigenvalue weighted by molar-refractivity contribution is 5.34. The molecule has 0 N–H and O–H groups in total. The van der Waals surface area contributed by atoms with E-state index in [2.05, 4.69) is 30.2 Å². The van der Waals surface area contributed by atoms with Gasteiger partial charge in [-0.1, -0.05) is 0 Å². The number of hydrogen-bond acceptors (Lipinski definition) is 8. The zero-order valence-corrected chi connectivity index (χ0v) is 13.8. The number of fused-ring (bicyclic) bond motifs is 1. The molecule has 9 nitrogen and oxygen atoms in total. The first-order valence-electron chi connectivity index (χ1n) is 8.07. The molecule has 126 valence electrons. The largest absolute Gasteiger partial charge is 0.344 e. The summed E-state index contributed by atoms with van der Waals surface area (Å²) in [6, 6.07) is 0. The molecule has 1 aliphatic rings. The fourth-order valence-electron chi connectivity index (χ4n) is 3.08. The van der Waals surface area contributed by atoms with Gasteiger partial charge in [-0.05, 0) is 31.1 Å². The maximum absolute atomic E-state index is 5.31. The molecule has 0 radical (unpaired) electrons. The average molecular weight is 328 g/mol. The normalized spacial score (nSPS) is 16.8. The van der Waals surface area contributed by atoms with E-state index in [4.69, 9.17) is 4.52 Å². The summed E-state index contributed by atoms with van der Waals surface area (Å²) in [5, 5.41) is 12.5. The maximum atomic E-state index is 5.31. The van der Waals surface area contributed by atoms with E-state index in [1.807, 2.05) is 29.6 Å². The first kappa shape index (κ1) is 15.0. The van der Waals surface area contributed by atoms with Crippen LogP contribution in [0.2, 0.25) is 0 Å². The minimum atomic E-state index is 0.415. The highest BCUT2D eigenvalue weighted by atomic mass is 16.5. The van der Waals surface area contributed by atoms with Crippen molar-refractivity contribution in [2.45, 2.75) is 25.3 Å². The topological polar surface area (TPSA) is 88.5 Å². The van der Waals surface area contributed by atoms with Crippen molar-refractivity contribution in [1.82, 2.24) is 34.6 Å². The van der Waals surface area contributed by atoms with Crippen molar-refractivity contribution in [2.75, 3.05) is 32.1 Å². The molecule has 0 bridgehead atoms. The van der Waals surface area contributed by atoms with E-state index in [1.54, 1.807) is 12.4 Å². The zero-order chi connectivity index (χ0) is 16.5. The van der Waals surface area contributed by atoms with Crippen molar-refractivity contribution in [2.24, 2.45) is 0 Å². The molecule has 0 aliphatic carbocycles. The molecular weight excluding hydrogens is 308 g/mol. The molecule has 1 saturated heterocycles. The van der Waals surface area contributed by atoms with Crippen molar-refractivity contribution < 1.29 is 4.52 Å². The van der Waals surface area contributed by atoms with Gasteiger partial charge in [-0.25, -0.2) is 0 Å². The third-order valence-corrected chi connectivity index (χ3v) is 4.41. The van der Waals surface area contributed by atoms with Crippen LogP contribution in [-0.4, -0.2) is 61.8 Å². The fourth-order valence-corrected chi connectivity index (χ4v) is 3.08. The molecule has 4 rings (SSSR count). The Balaban J connectivity index is 1.39. The van der Waals surface area contributed by atoms with Gasteiger partial charge < -0.3 is 9.42 Å². The highest BCUT2D eigenvalue weighted by Crippen LogP contribution is 2.27. The van der Waals surface area contributed by atoms with Gasteiger partial charge in [0.2, 0.25) is 5.89 Å². The van der Waals surface area contributed by atoms with Crippen molar-refractivity contribution >= 4 is 11.6 Å². The number of nitrogens with zero attached hydrogens (tertiary/aromatic N) is 8. The first-order chi connectivity index (χ1) is 11.7. The smallest absolute Gasteiger partial charge is 0.265 e. The van der Waals surface area contributed by atoms with Gasteiger partial charge in [0.15, 0.2) is 5.65 Å². The number of piperidine rings is 1. The molecule has 3 aromatic heterocycles. The quantitative estimate of drug-likeness (QED) is 0.699. The third-order valence-electron chi connectivity index (χ3n) is 4.41. The van der Waals surface area contributed by atoms with Gasteiger partial charge in [0.05, 0.1) is 12.7 Å². The lowest BCUT2D eigenvalue weighted by atomic mass is 9.96. The van der Waals surface area contributed by atoms with Gasteiger partial charge in [0.25, 0.3) is 5.95 Å². The van der Waals surface area contributed by atoms with Crippen LogP contribution < -0.4 is 4.90 Å². The number of anilines is 1. The van der Waals surface area contributed by atoms with Crippen LogP contribution in [0.4, 0.5) is 5.95 Å². The first-order valence-corrected chi connectivity index (χ1v) is 8.07. The molecule has 4 heterocycles. The fraction of sp³-hybridized carbons (Fsp3) is 0.533. The molecule has 0 amide bonds. The lowest BCUT2D eigenvalue weighted by Gasteiger charge is -2.29. The van der Waals surface area contributed by atoms with E-state index in [0.717, 1.165) is 37.4 Å². The van der Waals surface area contributed by atoms with E-state index in [9.17, 15) is 0 Å². The summed E-state index contributed by atoms with van der Waals surface area (Å²) in [6.45, 7) is 2.65. The SMILES string of the molecule is CN(C)c1noc(CN2CCC(c3nnc4cnccn34)CC2)n1. The summed E-state index contributed by atoms with van der Waals surface area (Å²) in [5.74, 6) is 2.72. The average Bonchev–Trinajstić information content (AvgIpc) is 3.23. The molecule has 0 aromatic carbocycles. The Morgan fingerprint density at radius 3 is 2.83 bits per heavy atom. The van der Waals surface area contributed by atoms with Crippen molar-refractivity contribution in [3.05, 3.63) is 30.3 Å². The zero-order valence-electron chi connectivity index (χ0n) is 13.8. The van der Waals surface area contributed by atoms with Crippen LogP contribution in [0.1, 0.15) is 30.5 Å². The summed E-state index contributed by atoms with van der Waals surface area (Å²) in [7, 11) is 3.80.